The van der Waals surface area contributed by atoms with Crippen molar-refractivity contribution in [2.45, 2.75) is 6.92 Å². The minimum atomic E-state index is -0.0422. The van der Waals surface area contributed by atoms with Gasteiger partial charge >= 0.3 is 0 Å². The van der Waals surface area contributed by atoms with Crippen LogP contribution in [0.15, 0.2) is 36.4 Å². The summed E-state index contributed by atoms with van der Waals surface area (Å²) in [4.78, 5) is 12.5. The van der Waals surface area contributed by atoms with Crippen molar-refractivity contribution in [2.75, 3.05) is 18.9 Å². The van der Waals surface area contributed by atoms with Gasteiger partial charge in [-0.3, -0.25) is 4.79 Å². The number of fused-ring (bicyclic) bond motifs is 1. The average Bonchev–Trinajstić information content (AvgIpc) is 2.46. The normalized spacial score (nSPS) is 13.1. The summed E-state index contributed by atoms with van der Waals surface area (Å²) in [6.07, 6.45) is 0. The van der Waals surface area contributed by atoms with E-state index in [1.54, 1.807) is 30.3 Å². The Labute approximate surface area is 117 Å². The largest absolute Gasteiger partial charge is 0.486 e. The van der Waals surface area contributed by atoms with Crippen LogP contribution in [0.4, 0.5) is 5.69 Å². The fraction of sp³-hybridized carbons (Fsp3) is 0.188. The smallest absolute Gasteiger partial charge is 0.193 e. The highest BCUT2D eigenvalue weighted by Gasteiger charge is 2.18. The molecule has 0 unspecified atom stereocenters. The van der Waals surface area contributed by atoms with Crippen molar-refractivity contribution >= 4 is 11.5 Å². The summed E-state index contributed by atoms with van der Waals surface area (Å²) in [5.74, 6) is 1.28. The van der Waals surface area contributed by atoms with E-state index in [2.05, 4.69) is 0 Å². The molecular weight excluding hydrogens is 254 g/mol. The topological polar surface area (TPSA) is 61.6 Å². The Bertz CT molecular complexity index is 662. The molecule has 102 valence electrons. The van der Waals surface area contributed by atoms with E-state index in [1.807, 2.05) is 13.0 Å². The standard InChI is InChI=1S/C16H15NO3/c1-10-8-14-15(20-7-6-19-14)9-13(10)16(18)11-2-4-12(17)5-3-11/h2-5,8-9H,6-7,17H2,1H3. The van der Waals surface area contributed by atoms with Gasteiger partial charge in [0.25, 0.3) is 0 Å². The number of anilines is 1. The van der Waals surface area contributed by atoms with Gasteiger partial charge in [-0.05, 0) is 48.9 Å². The number of hydrogen-bond acceptors (Lipinski definition) is 4. The first kappa shape index (κ1) is 12.5. The second-order valence-electron chi connectivity index (χ2n) is 4.76. The molecule has 2 N–H and O–H groups in total. The van der Waals surface area contributed by atoms with Crippen LogP contribution in [0.5, 0.6) is 11.5 Å². The van der Waals surface area contributed by atoms with E-state index in [0.29, 0.717) is 41.5 Å². The van der Waals surface area contributed by atoms with Crippen molar-refractivity contribution in [1.82, 2.24) is 0 Å². The maximum Gasteiger partial charge on any atom is 0.193 e. The number of ether oxygens (including phenoxy) is 2. The second kappa shape index (κ2) is 4.89. The number of benzene rings is 2. The van der Waals surface area contributed by atoms with Crippen molar-refractivity contribution in [3.63, 3.8) is 0 Å². The maximum absolute atomic E-state index is 12.5. The fourth-order valence-electron chi connectivity index (χ4n) is 2.23. The van der Waals surface area contributed by atoms with Gasteiger partial charge in [-0.2, -0.15) is 0 Å². The van der Waals surface area contributed by atoms with Crippen LogP contribution in [-0.2, 0) is 0 Å². The molecule has 1 aliphatic heterocycles. The molecule has 0 atom stereocenters. The zero-order valence-corrected chi connectivity index (χ0v) is 11.2. The molecule has 0 saturated heterocycles. The number of ketones is 1. The molecule has 2 aromatic rings. The number of aryl methyl sites for hydroxylation is 1. The molecule has 0 spiro atoms. The molecule has 4 nitrogen and oxygen atoms in total. The molecule has 0 aliphatic carbocycles. The average molecular weight is 269 g/mol. The van der Waals surface area contributed by atoms with Crippen molar-refractivity contribution < 1.29 is 14.3 Å². The Morgan fingerprint density at radius 1 is 1.05 bits per heavy atom. The van der Waals surface area contributed by atoms with E-state index in [9.17, 15) is 4.79 Å². The van der Waals surface area contributed by atoms with Gasteiger partial charge in [-0.25, -0.2) is 0 Å². The molecule has 0 aromatic heterocycles. The number of nitrogen functional groups attached to an aromatic ring is 1. The summed E-state index contributed by atoms with van der Waals surface area (Å²) < 4.78 is 11.0. The van der Waals surface area contributed by atoms with Gasteiger partial charge in [0, 0.05) is 16.8 Å². The Balaban J connectivity index is 2.01. The highest BCUT2D eigenvalue weighted by Crippen LogP contribution is 2.33. The lowest BCUT2D eigenvalue weighted by molar-refractivity contribution is 0.103. The third-order valence-corrected chi connectivity index (χ3v) is 3.31. The fourth-order valence-corrected chi connectivity index (χ4v) is 2.23. The monoisotopic (exact) mass is 269 g/mol. The molecule has 0 saturated carbocycles. The van der Waals surface area contributed by atoms with Gasteiger partial charge in [-0.1, -0.05) is 0 Å². The van der Waals surface area contributed by atoms with Crippen molar-refractivity contribution in [2.24, 2.45) is 0 Å². The summed E-state index contributed by atoms with van der Waals surface area (Å²) in [6.45, 7) is 2.94. The Morgan fingerprint density at radius 2 is 1.65 bits per heavy atom. The van der Waals surface area contributed by atoms with Gasteiger partial charge in [0.1, 0.15) is 13.2 Å². The zero-order valence-electron chi connectivity index (χ0n) is 11.2. The van der Waals surface area contributed by atoms with Crippen molar-refractivity contribution in [3.8, 4) is 11.5 Å². The molecule has 20 heavy (non-hydrogen) atoms. The molecule has 1 heterocycles. The van der Waals surface area contributed by atoms with E-state index in [0.717, 1.165) is 5.56 Å². The highest BCUT2D eigenvalue weighted by atomic mass is 16.6. The summed E-state index contributed by atoms with van der Waals surface area (Å²) >= 11 is 0. The van der Waals surface area contributed by atoms with E-state index in [1.165, 1.54) is 0 Å². The lowest BCUT2D eigenvalue weighted by Gasteiger charge is -2.20. The molecule has 2 aromatic carbocycles. The van der Waals surface area contributed by atoms with Crippen molar-refractivity contribution in [1.29, 1.82) is 0 Å². The van der Waals surface area contributed by atoms with Crippen molar-refractivity contribution in [3.05, 3.63) is 53.1 Å². The van der Waals surface area contributed by atoms with Crippen LogP contribution in [-0.4, -0.2) is 19.0 Å². The molecule has 0 amide bonds. The predicted octanol–water partition coefficient (Wildman–Crippen LogP) is 2.58. The predicted molar refractivity (Wildman–Crippen MR) is 76.5 cm³/mol. The Hall–Kier alpha value is -2.49. The van der Waals surface area contributed by atoms with Gasteiger partial charge in [0.05, 0.1) is 0 Å². The number of nitrogens with two attached hydrogens (primary N) is 1. The lowest BCUT2D eigenvalue weighted by Crippen LogP contribution is -2.16. The molecule has 1 aliphatic rings. The van der Waals surface area contributed by atoms with E-state index < -0.39 is 0 Å². The Morgan fingerprint density at radius 3 is 2.30 bits per heavy atom. The van der Waals surface area contributed by atoms with Crippen LogP contribution in [0.1, 0.15) is 21.5 Å². The SMILES string of the molecule is Cc1cc2c(cc1C(=O)c1ccc(N)cc1)OCCO2. The summed E-state index contributed by atoms with van der Waals surface area (Å²) in [6, 6.07) is 10.5. The van der Waals surface area contributed by atoms with Crippen LogP contribution in [0, 0.1) is 6.92 Å². The molecule has 4 heteroatoms. The number of carbonyl (C=O) groups is 1. The number of hydrogen-bond donors (Lipinski definition) is 1. The molecule has 3 rings (SSSR count). The molecule has 0 radical (unpaired) electrons. The first-order chi connectivity index (χ1) is 9.65. The van der Waals surface area contributed by atoms with E-state index >= 15 is 0 Å². The van der Waals surface area contributed by atoms with Crippen LogP contribution < -0.4 is 15.2 Å². The zero-order chi connectivity index (χ0) is 14.1. The minimum absolute atomic E-state index is 0.0422. The molecule has 0 bridgehead atoms. The molecular formula is C16H15NO3. The summed E-state index contributed by atoms with van der Waals surface area (Å²) in [7, 11) is 0. The van der Waals surface area contributed by atoms with Crippen LogP contribution in [0.25, 0.3) is 0 Å². The first-order valence-electron chi connectivity index (χ1n) is 6.45. The molecule has 0 fully saturated rings. The van der Waals surface area contributed by atoms with E-state index in [-0.39, 0.29) is 5.78 Å². The third kappa shape index (κ3) is 2.20. The van der Waals surface area contributed by atoms with Crippen LogP contribution in [0.2, 0.25) is 0 Å². The minimum Gasteiger partial charge on any atom is -0.486 e. The second-order valence-corrected chi connectivity index (χ2v) is 4.76. The number of carbonyl (C=O) groups excluding carboxylic acids is 1. The maximum atomic E-state index is 12.5. The van der Waals surface area contributed by atoms with Gasteiger partial charge < -0.3 is 15.2 Å². The van der Waals surface area contributed by atoms with E-state index in [4.69, 9.17) is 15.2 Å². The van der Waals surface area contributed by atoms with Gasteiger partial charge in [0.15, 0.2) is 17.3 Å². The summed E-state index contributed by atoms with van der Waals surface area (Å²) in [5, 5.41) is 0. The number of rotatable bonds is 2. The van der Waals surface area contributed by atoms with Crippen LogP contribution in [0.3, 0.4) is 0 Å². The van der Waals surface area contributed by atoms with Crippen LogP contribution >= 0.6 is 0 Å². The summed E-state index contributed by atoms with van der Waals surface area (Å²) in [5.41, 5.74) is 8.38. The Kier molecular flexibility index (Phi) is 3.06. The van der Waals surface area contributed by atoms with Gasteiger partial charge in [-0.15, -0.1) is 0 Å². The third-order valence-electron chi connectivity index (χ3n) is 3.31. The lowest BCUT2D eigenvalue weighted by atomic mass is 9.98. The highest BCUT2D eigenvalue weighted by molar-refractivity contribution is 6.10. The first-order valence-corrected chi connectivity index (χ1v) is 6.45. The van der Waals surface area contributed by atoms with Gasteiger partial charge in [0.2, 0.25) is 0 Å². The quantitative estimate of drug-likeness (QED) is 0.672.